The van der Waals surface area contributed by atoms with Crippen LogP contribution in [0.2, 0.25) is 0 Å². The Kier molecular flexibility index (Phi) is 11.4. The van der Waals surface area contributed by atoms with E-state index in [9.17, 15) is 27.6 Å². The number of ether oxygens (including phenoxy) is 3. The first-order chi connectivity index (χ1) is 27.2. The van der Waals surface area contributed by atoms with Crippen LogP contribution in [0, 0.1) is 11.8 Å². The number of hydrogen-bond acceptors (Lipinski definition) is 10. The normalized spacial score (nSPS) is 26.2. The number of rotatable bonds is 9. The maximum Gasteiger partial charge on any atom is 0.307 e. The summed E-state index contributed by atoms with van der Waals surface area (Å²) in [5, 5.41) is 3.00. The molecule has 0 unspecified atom stereocenters. The second-order valence-electron chi connectivity index (χ2n) is 16.7. The first-order valence-electron chi connectivity index (χ1n) is 19.9. The molecule has 1 aromatic heterocycles. The van der Waals surface area contributed by atoms with E-state index in [0.29, 0.717) is 60.2 Å². The molecule has 2 aliphatic heterocycles. The van der Waals surface area contributed by atoms with Crippen LogP contribution in [0.3, 0.4) is 0 Å². The number of fused-ring (bicyclic) bond motifs is 3. The highest BCUT2D eigenvalue weighted by Crippen LogP contribution is 2.46. The van der Waals surface area contributed by atoms with Gasteiger partial charge in [0.1, 0.15) is 34.8 Å². The summed E-state index contributed by atoms with van der Waals surface area (Å²) in [5.41, 5.74) is -0.0884. The number of methoxy groups -OCH3 is 1. The number of nitrogens with zero attached hydrogens (tertiary/aromatic N) is 2. The maximum atomic E-state index is 14.7. The summed E-state index contributed by atoms with van der Waals surface area (Å²) in [6.07, 6.45) is 7.70. The Balaban J connectivity index is 1.23. The number of amides is 3. The van der Waals surface area contributed by atoms with Gasteiger partial charge in [-0.25, -0.2) is 13.4 Å². The molecule has 2 N–H and O–H groups in total. The van der Waals surface area contributed by atoms with Crippen molar-refractivity contribution in [3.8, 4) is 22.8 Å². The molecule has 0 radical (unpaired) electrons. The van der Waals surface area contributed by atoms with Crippen molar-refractivity contribution >= 4 is 44.6 Å². The van der Waals surface area contributed by atoms with Gasteiger partial charge in [-0.2, -0.15) is 0 Å². The van der Waals surface area contributed by atoms with Crippen LogP contribution in [0.15, 0.2) is 66.7 Å². The van der Waals surface area contributed by atoms with Gasteiger partial charge < -0.3 is 24.4 Å². The molecule has 5 atom stereocenters. The average molecular weight is 801 g/mol. The summed E-state index contributed by atoms with van der Waals surface area (Å²) >= 11 is 0. The van der Waals surface area contributed by atoms with E-state index < -0.39 is 68.2 Å². The smallest absolute Gasteiger partial charge is 0.307 e. The minimum absolute atomic E-state index is 0.0287. The predicted molar refractivity (Wildman–Crippen MR) is 214 cm³/mol. The number of esters is 1. The van der Waals surface area contributed by atoms with Gasteiger partial charge in [0.15, 0.2) is 0 Å². The minimum atomic E-state index is -3.89. The number of sulfonamides is 1. The van der Waals surface area contributed by atoms with Crippen LogP contribution in [-0.2, 0) is 33.9 Å². The van der Waals surface area contributed by atoms with Gasteiger partial charge in [-0.1, -0.05) is 55.3 Å². The van der Waals surface area contributed by atoms with Crippen molar-refractivity contribution in [1.29, 1.82) is 0 Å². The van der Waals surface area contributed by atoms with Crippen molar-refractivity contribution in [3.63, 3.8) is 0 Å². The summed E-state index contributed by atoms with van der Waals surface area (Å²) in [4.78, 5) is 62.6. The van der Waals surface area contributed by atoms with E-state index >= 15 is 0 Å². The quantitative estimate of drug-likeness (QED) is 0.205. The molecule has 2 aliphatic carbocycles. The van der Waals surface area contributed by atoms with Crippen LogP contribution in [0.1, 0.15) is 85.0 Å². The van der Waals surface area contributed by atoms with Crippen LogP contribution in [0.4, 0.5) is 0 Å². The molecule has 1 saturated heterocycles. The van der Waals surface area contributed by atoms with Crippen LogP contribution in [-0.4, -0.2) is 84.2 Å². The van der Waals surface area contributed by atoms with E-state index in [4.69, 9.17) is 19.2 Å². The number of carbonyl (C=O) groups excluding carboxylic acids is 4. The Hall–Kier alpha value is -4.98. The van der Waals surface area contributed by atoms with Gasteiger partial charge in [-0.15, -0.1) is 0 Å². The van der Waals surface area contributed by atoms with E-state index in [1.807, 2.05) is 66.7 Å². The molecule has 3 heterocycles. The van der Waals surface area contributed by atoms with Gasteiger partial charge in [0, 0.05) is 41.3 Å². The third-order valence-electron chi connectivity index (χ3n) is 11.1. The van der Waals surface area contributed by atoms with Gasteiger partial charge in [-0.05, 0) is 71.4 Å². The standard InChI is InChI=1S/C43H52N4O9S/c1-42(2,3)56-38(48)21-28-15-9-6-5-7-12-16-29-25-43(29,41(51)46-57(52,53)32-18-19-32)45-39(49)36-23-31(26-47(36)40(28)50)55-37-24-34(27-13-10-8-11-14-27)44-35-22-30(54-4)17-20-33(35)37/h8,10-14,16-17,20,22,24,28-29,31-32,36H,5-7,9,15,18-19,21,23,25-26H2,1-4H3,(H,45,49)(H,46,51)/b16-12-/t28-,29-,31-,36+,43-/m1/s1. The molecule has 13 nitrogen and oxygen atoms in total. The fourth-order valence-electron chi connectivity index (χ4n) is 7.90. The molecule has 3 fully saturated rings. The molecule has 3 amide bonds. The van der Waals surface area contributed by atoms with Crippen molar-refractivity contribution in [1.82, 2.24) is 19.9 Å². The summed E-state index contributed by atoms with van der Waals surface area (Å²) in [7, 11) is -2.31. The zero-order valence-electron chi connectivity index (χ0n) is 33.0. The van der Waals surface area contributed by atoms with E-state index in [1.54, 1.807) is 27.9 Å². The van der Waals surface area contributed by atoms with E-state index in [1.165, 1.54) is 4.90 Å². The topological polar surface area (TPSA) is 170 Å². The van der Waals surface area contributed by atoms with Crippen molar-refractivity contribution in [3.05, 3.63) is 66.7 Å². The molecule has 7 rings (SSSR count). The Morgan fingerprint density at radius 1 is 1.02 bits per heavy atom. The fourth-order valence-corrected chi connectivity index (χ4v) is 9.26. The lowest BCUT2D eigenvalue weighted by Crippen LogP contribution is -2.57. The second kappa shape index (κ2) is 16.1. The monoisotopic (exact) mass is 800 g/mol. The highest BCUT2D eigenvalue weighted by atomic mass is 32.2. The third-order valence-corrected chi connectivity index (χ3v) is 12.9. The van der Waals surface area contributed by atoms with Crippen molar-refractivity contribution in [2.24, 2.45) is 11.8 Å². The van der Waals surface area contributed by atoms with Gasteiger partial charge in [0.05, 0.1) is 36.5 Å². The van der Waals surface area contributed by atoms with Crippen LogP contribution < -0.4 is 19.5 Å². The lowest BCUT2D eigenvalue weighted by molar-refractivity contribution is -0.159. The van der Waals surface area contributed by atoms with Crippen molar-refractivity contribution in [2.75, 3.05) is 13.7 Å². The predicted octanol–water partition coefficient (Wildman–Crippen LogP) is 5.61. The zero-order valence-corrected chi connectivity index (χ0v) is 33.8. The number of aromatic nitrogens is 1. The first kappa shape index (κ1) is 40.2. The molecule has 0 spiro atoms. The summed E-state index contributed by atoms with van der Waals surface area (Å²) in [6.45, 7) is 5.35. The van der Waals surface area contributed by atoms with Crippen LogP contribution >= 0.6 is 0 Å². The van der Waals surface area contributed by atoms with E-state index in [-0.39, 0.29) is 31.7 Å². The lowest BCUT2D eigenvalue weighted by atomic mass is 9.95. The molecular formula is C43H52N4O9S. The van der Waals surface area contributed by atoms with Gasteiger partial charge in [0.2, 0.25) is 21.8 Å². The number of hydrogen-bond donors (Lipinski definition) is 2. The number of carbonyl (C=O) groups is 4. The Labute approximate surface area is 334 Å². The fraction of sp³-hybridized carbons (Fsp3) is 0.512. The molecule has 57 heavy (non-hydrogen) atoms. The number of pyridine rings is 1. The van der Waals surface area contributed by atoms with Crippen LogP contribution in [0.5, 0.6) is 11.5 Å². The van der Waals surface area contributed by atoms with Gasteiger partial charge >= 0.3 is 5.97 Å². The third kappa shape index (κ3) is 9.27. The molecule has 304 valence electrons. The lowest BCUT2D eigenvalue weighted by Gasteiger charge is -2.30. The molecule has 4 aliphatic rings. The molecule has 0 bridgehead atoms. The largest absolute Gasteiger partial charge is 0.497 e. The second-order valence-corrected chi connectivity index (χ2v) is 18.7. The molecule has 2 saturated carbocycles. The highest BCUT2D eigenvalue weighted by molar-refractivity contribution is 7.91. The zero-order chi connectivity index (χ0) is 40.5. The maximum absolute atomic E-state index is 14.7. The number of benzene rings is 2. The van der Waals surface area contributed by atoms with E-state index in [0.717, 1.165) is 18.4 Å². The van der Waals surface area contributed by atoms with Crippen LogP contribution in [0.25, 0.3) is 22.2 Å². The van der Waals surface area contributed by atoms with Crippen molar-refractivity contribution < 1.29 is 41.8 Å². The van der Waals surface area contributed by atoms with Gasteiger partial charge in [0.25, 0.3) is 5.91 Å². The Morgan fingerprint density at radius 3 is 2.51 bits per heavy atom. The molecule has 2 aromatic carbocycles. The molecule has 14 heteroatoms. The summed E-state index contributed by atoms with van der Waals surface area (Å²) in [6, 6.07) is 15.9. The summed E-state index contributed by atoms with van der Waals surface area (Å²) in [5.74, 6) is -2.32. The van der Waals surface area contributed by atoms with E-state index in [2.05, 4.69) is 10.0 Å². The van der Waals surface area contributed by atoms with Gasteiger partial charge in [-0.3, -0.25) is 23.9 Å². The SMILES string of the molecule is COc1ccc2c(O[C@@H]3C[C@H]4C(=O)N[C@]5(C(=O)NS(=O)(=O)C6CC6)C[C@H]5/C=C\CCCCC[C@H](CC(=O)OC(C)(C)C)C(=O)N4C3)cc(-c3ccccc3)nc2c1. The minimum Gasteiger partial charge on any atom is -0.497 e. The molecular weight excluding hydrogens is 749 g/mol. The number of nitrogens with one attached hydrogen (secondary N) is 2. The Morgan fingerprint density at radius 2 is 1.79 bits per heavy atom. The first-order valence-corrected chi connectivity index (χ1v) is 21.5. The highest BCUT2D eigenvalue weighted by Gasteiger charge is 2.62. The van der Waals surface area contributed by atoms with Crippen molar-refractivity contribution in [2.45, 2.75) is 114 Å². The molecule has 3 aromatic rings. The Bertz CT molecular complexity index is 2170. The number of allylic oxidation sites excluding steroid dienone is 1. The average Bonchev–Trinajstić information content (AvgIpc) is 4.09. The summed E-state index contributed by atoms with van der Waals surface area (Å²) < 4.78 is 45.9.